The topological polar surface area (TPSA) is 60.7 Å². The molecule has 0 aliphatic rings. The van der Waals surface area contributed by atoms with Gasteiger partial charge in [-0.15, -0.1) is 0 Å². The van der Waals surface area contributed by atoms with Crippen LogP contribution in [-0.2, 0) is 0 Å². The van der Waals surface area contributed by atoms with Crippen LogP contribution in [-0.4, -0.2) is 34.6 Å². The summed E-state index contributed by atoms with van der Waals surface area (Å²) in [6.07, 6.45) is 10.6. The minimum Gasteiger partial charge on any atom is -0.392 e. The average Bonchev–Trinajstić information content (AvgIpc) is 2.52. The van der Waals surface area contributed by atoms with E-state index in [4.69, 9.17) is 10.2 Å². The van der Waals surface area contributed by atoms with Crippen molar-refractivity contribution in [3.05, 3.63) is 47.1 Å². The van der Waals surface area contributed by atoms with E-state index in [0.29, 0.717) is 6.42 Å². The first-order valence-corrected chi connectivity index (χ1v) is 8.45. The molecule has 0 aromatic rings. The smallest absolute Gasteiger partial charge is 0.0750 e. The highest BCUT2D eigenvalue weighted by Gasteiger charge is 2.08. The Morgan fingerprint density at radius 1 is 0.870 bits per heavy atom. The summed E-state index contributed by atoms with van der Waals surface area (Å²) in [6.45, 7) is 10.2. The molecule has 0 fully saturated rings. The van der Waals surface area contributed by atoms with Crippen molar-refractivity contribution in [2.45, 2.75) is 65.4 Å². The molecule has 132 valence electrons. The summed E-state index contributed by atoms with van der Waals surface area (Å²) >= 11 is 0. The minimum atomic E-state index is -0.461. The first-order valence-electron chi connectivity index (χ1n) is 8.45. The molecule has 0 aliphatic carbocycles. The van der Waals surface area contributed by atoms with Gasteiger partial charge in [0, 0.05) is 0 Å². The lowest BCUT2D eigenvalue weighted by atomic mass is 9.98. The van der Waals surface area contributed by atoms with Gasteiger partial charge in [0.2, 0.25) is 0 Å². The molecule has 3 nitrogen and oxygen atoms in total. The average molecular weight is 322 g/mol. The third-order valence-corrected chi connectivity index (χ3v) is 3.96. The zero-order valence-electron chi connectivity index (χ0n) is 15.0. The second kappa shape index (κ2) is 13.3. The molecule has 0 radical (unpaired) electrons. The minimum absolute atomic E-state index is 0.0893. The van der Waals surface area contributed by atoms with E-state index in [2.05, 4.69) is 19.6 Å². The molecule has 3 heteroatoms. The van der Waals surface area contributed by atoms with Gasteiger partial charge in [0.15, 0.2) is 0 Å². The van der Waals surface area contributed by atoms with Crippen LogP contribution in [0.25, 0.3) is 0 Å². The number of hydrogen-bond acceptors (Lipinski definition) is 3. The highest BCUT2D eigenvalue weighted by Crippen LogP contribution is 2.17. The van der Waals surface area contributed by atoms with Crippen LogP contribution >= 0.6 is 0 Å². The summed E-state index contributed by atoms with van der Waals surface area (Å²) in [5.41, 5.74) is 4.30. The molecule has 0 unspecified atom stereocenters. The molecule has 0 rings (SSSR count). The fourth-order valence-corrected chi connectivity index (χ4v) is 2.21. The van der Waals surface area contributed by atoms with Crippen molar-refractivity contribution in [3.8, 4) is 0 Å². The standard InChI is InChI=1S/C20H34O3/c1-16(7-5-8-17(2)13-14-21)11-12-20(23)19(4)10-6-9-18(3)15-22/h7,9,13,20-23H,4-6,8,10-12,14-15H2,1-3H3/b16-7+,17-13+,18-9+/t20-/m1/s1. The van der Waals surface area contributed by atoms with Gasteiger partial charge < -0.3 is 15.3 Å². The Bertz CT molecular complexity index is 430. The van der Waals surface area contributed by atoms with Gasteiger partial charge in [-0.3, -0.25) is 0 Å². The lowest BCUT2D eigenvalue weighted by molar-refractivity contribution is 0.197. The molecule has 0 amide bonds. The van der Waals surface area contributed by atoms with Gasteiger partial charge in [-0.1, -0.05) is 41.5 Å². The van der Waals surface area contributed by atoms with E-state index in [-0.39, 0.29) is 13.2 Å². The van der Waals surface area contributed by atoms with Gasteiger partial charge >= 0.3 is 0 Å². The van der Waals surface area contributed by atoms with Crippen LogP contribution in [0.5, 0.6) is 0 Å². The number of aliphatic hydroxyl groups excluding tert-OH is 3. The summed E-state index contributed by atoms with van der Waals surface area (Å²) in [7, 11) is 0. The second-order valence-electron chi connectivity index (χ2n) is 6.28. The number of aliphatic hydroxyl groups is 3. The van der Waals surface area contributed by atoms with Gasteiger partial charge in [-0.25, -0.2) is 0 Å². The van der Waals surface area contributed by atoms with E-state index in [0.717, 1.165) is 43.3 Å². The zero-order valence-corrected chi connectivity index (χ0v) is 15.0. The van der Waals surface area contributed by atoms with Crippen molar-refractivity contribution in [3.63, 3.8) is 0 Å². The molecule has 0 bridgehead atoms. The van der Waals surface area contributed by atoms with Gasteiger partial charge in [-0.2, -0.15) is 0 Å². The predicted octanol–water partition coefficient (Wildman–Crippen LogP) is 4.07. The molecule has 0 heterocycles. The van der Waals surface area contributed by atoms with E-state index in [1.165, 1.54) is 11.1 Å². The first kappa shape index (κ1) is 21.8. The lowest BCUT2D eigenvalue weighted by Gasteiger charge is -2.13. The highest BCUT2D eigenvalue weighted by molar-refractivity contribution is 5.08. The van der Waals surface area contributed by atoms with Crippen LogP contribution in [0.4, 0.5) is 0 Å². The van der Waals surface area contributed by atoms with Gasteiger partial charge in [0.1, 0.15) is 0 Å². The van der Waals surface area contributed by atoms with Gasteiger partial charge in [-0.05, 0) is 64.9 Å². The monoisotopic (exact) mass is 322 g/mol. The third-order valence-electron chi connectivity index (χ3n) is 3.96. The van der Waals surface area contributed by atoms with Crippen molar-refractivity contribution < 1.29 is 15.3 Å². The summed E-state index contributed by atoms with van der Waals surface area (Å²) in [5.74, 6) is 0. The largest absolute Gasteiger partial charge is 0.392 e. The Labute approximate surface area is 141 Å². The molecule has 0 saturated heterocycles. The van der Waals surface area contributed by atoms with Crippen molar-refractivity contribution in [1.82, 2.24) is 0 Å². The maximum absolute atomic E-state index is 10.1. The van der Waals surface area contributed by atoms with Crippen molar-refractivity contribution in [1.29, 1.82) is 0 Å². The number of rotatable bonds is 12. The molecule has 0 spiro atoms. The zero-order chi connectivity index (χ0) is 17.7. The first-order chi connectivity index (χ1) is 10.9. The maximum atomic E-state index is 10.1. The molecule has 23 heavy (non-hydrogen) atoms. The quantitative estimate of drug-likeness (QED) is 0.475. The molecular weight excluding hydrogens is 288 g/mol. The van der Waals surface area contributed by atoms with Gasteiger partial charge in [0.05, 0.1) is 19.3 Å². The fraction of sp³-hybridized carbons (Fsp3) is 0.600. The van der Waals surface area contributed by atoms with Crippen LogP contribution < -0.4 is 0 Å². The summed E-state index contributed by atoms with van der Waals surface area (Å²) in [5, 5.41) is 27.9. The third kappa shape index (κ3) is 12.0. The van der Waals surface area contributed by atoms with Crippen molar-refractivity contribution in [2.24, 2.45) is 0 Å². The van der Waals surface area contributed by atoms with E-state index in [1.807, 2.05) is 26.0 Å². The summed E-state index contributed by atoms with van der Waals surface area (Å²) in [4.78, 5) is 0. The number of hydrogen-bond donors (Lipinski definition) is 3. The highest BCUT2D eigenvalue weighted by atomic mass is 16.3. The van der Waals surface area contributed by atoms with E-state index in [9.17, 15) is 5.11 Å². The van der Waals surface area contributed by atoms with Crippen LogP contribution in [0.2, 0.25) is 0 Å². The Hall–Kier alpha value is -1.16. The molecule has 3 N–H and O–H groups in total. The van der Waals surface area contributed by atoms with Crippen LogP contribution in [0.15, 0.2) is 47.1 Å². The van der Waals surface area contributed by atoms with Crippen LogP contribution in [0.1, 0.15) is 59.3 Å². The predicted molar refractivity (Wildman–Crippen MR) is 98.3 cm³/mol. The SMILES string of the molecule is C=C(CC/C=C(\C)CO)[C@H](O)CC/C(C)=C/CC/C(C)=C/CO. The Kier molecular flexibility index (Phi) is 12.6. The van der Waals surface area contributed by atoms with Crippen LogP contribution in [0, 0.1) is 0 Å². The normalized spacial score (nSPS) is 15.0. The molecular formula is C20H34O3. The Morgan fingerprint density at radius 3 is 2.04 bits per heavy atom. The summed E-state index contributed by atoms with van der Waals surface area (Å²) in [6, 6.07) is 0. The van der Waals surface area contributed by atoms with E-state index >= 15 is 0 Å². The molecule has 0 saturated carbocycles. The second-order valence-corrected chi connectivity index (χ2v) is 6.28. The fourth-order valence-electron chi connectivity index (χ4n) is 2.21. The van der Waals surface area contributed by atoms with Crippen molar-refractivity contribution in [2.75, 3.05) is 13.2 Å². The van der Waals surface area contributed by atoms with Crippen LogP contribution in [0.3, 0.4) is 0 Å². The molecule has 0 aliphatic heterocycles. The molecule has 0 aromatic heterocycles. The van der Waals surface area contributed by atoms with Gasteiger partial charge in [0.25, 0.3) is 0 Å². The Morgan fingerprint density at radius 2 is 1.43 bits per heavy atom. The lowest BCUT2D eigenvalue weighted by Crippen LogP contribution is -2.09. The molecule has 1 atom stereocenters. The molecule has 0 aromatic carbocycles. The maximum Gasteiger partial charge on any atom is 0.0750 e. The summed E-state index contributed by atoms with van der Waals surface area (Å²) < 4.78 is 0. The van der Waals surface area contributed by atoms with Crippen molar-refractivity contribution >= 4 is 0 Å². The number of allylic oxidation sites excluding steroid dienone is 4. The van der Waals surface area contributed by atoms with E-state index in [1.54, 1.807) is 0 Å². The Balaban J connectivity index is 4.04. The van der Waals surface area contributed by atoms with E-state index < -0.39 is 6.10 Å².